The molecule has 148 valence electrons. The first-order chi connectivity index (χ1) is 13.3. The van der Waals surface area contributed by atoms with Crippen LogP contribution < -0.4 is 0 Å². The van der Waals surface area contributed by atoms with Gasteiger partial charge < -0.3 is 4.98 Å². The maximum atomic E-state index is 13.0. The summed E-state index contributed by atoms with van der Waals surface area (Å²) in [6, 6.07) is 9.47. The van der Waals surface area contributed by atoms with Gasteiger partial charge in [0.2, 0.25) is 0 Å². The van der Waals surface area contributed by atoms with Gasteiger partial charge >= 0.3 is 6.18 Å². The second kappa shape index (κ2) is 7.41. The number of aromatic nitrogens is 2. The molecule has 0 radical (unpaired) electrons. The minimum absolute atomic E-state index is 0.0507. The molecule has 0 amide bonds. The Bertz CT molecular complexity index is 957. The van der Waals surface area contributed by atoms with Gasteiger partial charge in [0.15, 0.2) is 0 Å². The molecule has 2 heterocycles. The zero-order valence-electron chi connectivity index (χ0n) is 15.5. The highest BCUT2D eigenvalue weighted by Crippen LogP contribution is 2.34. The van der Waals surface area contributed by atoms with Crippen molar-refractivity contribution in [2.24, 2.45) is 0 Å². The highest BCUT2D eigenvalue weighted by Gasteiger charge is 2.31. The van der Waals surface area contributed by atoms with Crippen molar-refractivity contribution in [3.8, 4) is 0 Å². The summed E-state index contributed by atoms with van der Waals surface area (Å²) < 4.78 is 39.1. The number of rotatable bonds is 3. The number of benzene rings is 2. The lowest BCUT2D eigenvalue weighted by molar-refractivity contribution is -0.137. The summed E-state index contributed by atoms with van der Waals surface area (Å²) in [5, 5.41) is 0.687. The number of likely N-dealkylation sites (tertiary alicyclic amines) is 1. The van der Waals surface area contributed by atoms with E-state index in [0.29, 0.717) is 17.1 Å². The van der Waals surface area contributed by atoms with Crippen LogP contribution in [0.1, 0.15) is 47.8 Å². The fourth-order valence-corrected chi connectivity index (χ4v) is 4.05. The monoisotopic (exact) mass is 407 g/mol. The van der Waals surface area contributed by atoms with E-state index < -0.39 is 11.7 Å². The van der Waals surface area contributed by atoms with Gasteiger partial charge in [-0.05, 0) is 55.6 Å². The summed E-state index contributed by atoms with van der Waals surface area (Å²) in [6.45, 7) is 3.24. The first-order valence-electron chi connectivity index (χ1n) is 9.37. The van der Waals surface area contributed by atoms with Crippen LogP contribution >= 0.6 is 11.6 Å². The standard InChI is InChI=1S/C21H21ClF3N3/c1-13-9-17-18(11-16(13)22)27-20(26-17)19-7-2-3-8-28(19)12-14-5-4-6-15(10-14)21(23,24)25/h4-6,9-11,19H,2-3,7-8,12H2,1H3,(H,26,27). The molecule has 1 aliphatic heterocycles. The molecule has 3 nitrogen and oxygen atoms in total. The van der Waals surface area contributed by atoms with Crippen molar-refractivity contribution in [2.45, 2.75) is 44.9 Å². The second-order valence-corrected chi connectivity index (χ2v) is 7.83. The van der Waals surface area contributed by atoms with Crippen molar-refractivity contribution in [1.82, 2.24) is 14.9 Å². The Labute approximate surface area is 166 Å². The summed E-state index contributed by atoms with van der Waals surface area (Å²) >= 11 is 6.22. The van der Waals surface area contributed by atoms with E-state index in [-0.39, 0.29) is 6.04 Å². The van der Waals surface area contributed by atoms with E-state index in [2.05, 4.69) is 9.88 Å². The maximum absolute atomic E-state index is 13.0. The van der Waals surface area contributed by atoms with Crippen LogP contribution in [0, 0.1) is 6.92 Å². The third-order valence-corrected chi connectivity index (χ3v) is 5.76. The van der Waals surface area contributed by atoms with Gasteiger partial charge in [-0.1, -0.05) is 36.2 Å². The highest BCUT2D eigenvalue weighted by atomic mass is 35.5. The van der Waals surface area contributed by atoms with E-state index in [4.69, 9.17) is 16.6 Å². The van der Waals surface area contributed by atoms with Crippen molar-refractivity contribution in [2.75, 3.05) is 6.54 Å². The second-order valence-electron chi connectivity index (χ2n) is 7.42. The molecule has 0 bridgehead atoms. The van der Waals surface area contributed by atoms with E-state index >= 15 is 0 Å². The quantitative estimate of drug-likeness (QED) is 0.554. The third-order valence-electron chi connectivity index (χ3n) is 5.35. The Hall–Kier alpha value is -2.05. The molecule has 1 aliphatic rings. The summed E-state index contributed by atoms with van der Waals surface area (Å²) in [4.78, 5) is 10.3. The zero-order chi connectivity index (χ0) is 19.9. The van der Waals surface area contributed by atoms with Crippen LogP contribution in [0.2, 0.25) is 5.02 Å². The molecule has 1 atom stereocenters. The SMILES string of the molecule is Cc1cc2nc(C3CCCCN3Cc3cccc(C(F)(F)F)c3)[nH]c2cc1Cl. The van der Waals surface area contributed by atoms with Gasteiger partial charge in [-0.25, -0.2) is 4.98 Å². The van der Waals surface area contributed by atoms with Crippen molar-refractivity contribution in [1.29, 1.82) is 0 Å². The molecule has 2 aromatic carbocycles. The van der Waals surface area contributed by atoms with Gasteiger partial charge in [0.05, 0.1) is 22.6 Å². The van der Waals surface area contributed by atoms with Gasteiger partial charge in [0, 0.05) is 11.6 Å². The third kappa shape index (κ3) is 3.89. The number of alkyl halides is 3. The number of piperidine rings is 1. The molecule has 3 aromatic rings. The van der Waals surface area contributed by atoms with E-state index in [1.807, 2.05) is 19.1 Å². The summed E-state index contributed by atoms with van der Waals surface area (Å²) in [5.74, 6) is 0.850. The largest absolute Gasteiger partial charge is 0.416 e. The van der Waals surface area contributed by atoms with Gasteiger partial charge in [-0.3, -0.25) is 4.90 Å². The van der Waals surface area contributed by atoms with Crippen molar-refractivity contribution in [3.05, 3.63) is 63.9 Å². The summed E-state index contributed by atoms with van der Waals surface area (Å²) in [7, 11) is 0. The Balaban J connectivity index is 1.62. The molecule has 4 rings (SSSR count). The Morgan fingerprint density at radius 1 is 1.21 bits per heavy atom. The van der Waals surface area contributed by atoms with Crippen LogP contribution in [0.15, 0.2) is 36.4 Å². The van der Waals surface area contributed by atoms with Gasteiger partial charge in [-0.2, -0.15) is 13.2 Å². The van der Waals surface area contributed by atoms with Gasteiger partial charge in [-0.15, -0.1) is 0 Å². The summed E-state index contributed by atoms with van der Waals surface area (Å²) in [6.07, 6.45) is -1.31. The smallest absolute Gasteiger partial charge is 0.341 e. The average molecular weight is 408 g/mol. The molecule has 28 heavy (non-hydrogen) atoms. The lowest BCUT2D eigenvalue weighted by atomic mass is 10.00. The molecule has 0 spiro atoms. The molecule has 0 saturated carbocycles. The number of nitrogens with one attached hydrogen (secondary N) is 1. The fourth-order valence-electron chi connectivity index (χ4n) is 3.88. The van der Waals surface area contributed by atoms with Crippen molar-refractivity contribution in [3.63, 3.8) is 0 Å². The number of halogens is 4. The van der Waals surface area contributed by atoms with Gasteiger partial charge in [0.25, 0.3) is 0 Å². The molecule has 1 unspecified atom stereocenters. The maximum Gasteiger partial charge on any atom is 0.416 e. The van der Waals surface area contributed by atoms with E-state index in [9.17, 15) is 13.2 Å². The lowest BCUT2D eigenvalue weighted by Gasteiger charge is -2.34. The molecular weight excluding hydrogens is 387 g/mol. The molecular formula is C21H21ClF3N3. The van der Waals surface area contributed by atoms with Crippen LogP contribution in [0.5, 0.6) is 0 Å². The normalized spacial score (nSPS) is 18.7. The Morgan fingerprint density at radius 2 is 2.04 bits per heavy atom. The number of hydrogen-bond acceptors (Lipinski definition) is 2. The zero-order valence-corrected chi connectivity index (χ0v) is 16.2. The predicted molar refractivity (Wildman–Crippen MR) is 104 cm³/mol. The number of nitrogens with zero attached hydrogens (tertiary/aromatic N) is 2. The van der Waals surface area contributed by atoms with Crippen LogP contribution in [-0.4, -0.2) is 21.4 Å². The number of fused-ring (bicyclic) bond motifs is 1. The predicted octanol–water partition coefficient (Wildman–Crippen LogP) is 6.27. The Morgan fingerprint density at radius 3 is 2.82 bits per heavy atom. The highest BCUT2D eigenvalue weighted by molar-refractivity contribution is 6.32. The number of imidazole rings is 1. The molecule has 1 saturated heterocycles. The molecule has 1 N–H and O–H groups in total. The molecule has 1 aromatic heterocycles. The average Bonchev–Trinajstić information content (AvgIpc) is 3.04. The van der Waals surface area contributed by atoms with Crippen LogP contribution in [0.4, 0.5) is 13.2 Å². The number of aryl methyl sites for hydroxylation is 1. The topological polar surface area (TPSA) is 31.9 Å². The van der Waals surface area contributed by atoms with E-state index in [1.54, 1.807) is 6.07 Å². The van der Waals surface area contributed by atoms with Gasteiger partial charge in [0.1, 0.15) is 5.82 Å². The van der Waals surface area contributed by atoms with Crippen LogP contribution in [0.3, 0.4) is 0 Å². The minimum atomic E-state index is -4.33. The first-order valence-corrected chi connectivity index (χ1v) is 9.75. The fraction of sp³-hybridized carbons (Fsp3) is 0.381. The number of aromatic amines is 1. The molecule has 7 heteroatoms. The number of H-pyrrole nitrogens is 1. The number of hydrogen-bond donors (Lipinski definition) is 1. The van der Waals surface area contributed by atoms with Crippen LogP contribution in [-0.2, 0) is 12.7 Å². The van der Waals surface area contributed by atoms with Crippen LogP contribution in [0.25, 0.3) is 11.0 Å². The van der Waals surface area contributed by atoms with Crippen molar-refractivity contribution < 1.29 is 13.2 Å². The van der Waals surface area contributed by atoms with Crippen molar-refractivity contribution >= 4 is 22.6 Å². The lowest BCUT2D eigenvalue weighted by Crippen LogP contribution is -2.33. The molecule has 0 aliphatic carbocycles. The first kappa shape index (κ1) is 19.3. The molecule has 1 fully saturated rings. The van der Waals surface area contributed by atoms with E-state index in [0.717, 1.165) is 54.3 Å². The Kier molecular flexibility index (Phi) is 5.10. The summed E-state index contributed by atoms with van der Waals surface area (Å²) in [5.41, 5.74) is 2.78. The van der Waals surface area contributed by atoms with E-state index in [1.165, 1.54) is 12.1 Å². The minimum Gasteiger partial charge on any atom is -0.341 e.